The third-order valence-electron chi connectivity index (χ3n) is 10.9. The van der Waals surface area contributed by atoms with E-state index < -0.39 is 6.04 Å². The summed E-state index contributed by atoms with van der Waals surface area (Å²) in [5, 5.41) is 4.34. The van der Waals surface area contributed by atoms with Gasteiger partial charge in [-0.3, -0.25) is 9.59 Å². The Morgan fingerprint density at radius 2 is 1.86 bits per heavy atom. The summed E-state index contributed by atoms with van der Waals surface area (Å²) in [5.74, 6) is 2.13. The molecule has 1 saturated heterocycles. The van der Waals surface area contributed by atoms with Gasteiger partial charge in [0.2, 0.25) is 0 Å². The average Bonchev–Trinajstić information content (AvgIpc) is 3.48. The van der Waals surface area contributed by atoms with Crippen LogP contribution in [-0.2, 0) is 24.0 Å². The lowest BCUT2D eigenvalue weighted by Crippen LogP contribution is -2.51. The quantitative estimate of drug-likeness (QED) is 0.405. The zero-order valence-corrected chi connectivity index (χ0v) is 22.4. The molecule has 0 aromatic carbocycles. The summed E-state index contributed by atoms with van der Waals surface area (Å²) in [6, 6.07) is -0.505. The first-order chi connectivity index (χ1) is 17.2. The third kappa shape index (κ3) is 4.10. The number of oxime groups is 1. The first kappa shape index (κ1) is 25.5. The Kier molecular flexibility index (Phi) is 6.80. The summed E-state index contributed by atoms with van der Waals surface area (Å²) < 4.78 is 4.83. The molecule has 1 amide bonds. The number of Topliss-reactive ketones (excluding diaryl/α,β-unsaturated/α-hetero) is 1. The summed E-state index contributed by atoms with van der Waals surface area (Å²) in [4.78, 5) is 44.0. The van der Waals surface area contributed by atoms with Gasteiger partial charge in [-0.1, -0.05) is 24.6 Å². The second kappa shape index (κ2) is 9.60. The number of hydrogen-bond donors (Lipinski definition) is 0. The Balaban J connectivity index is 1.23. The normalized spacial score (nSPS) is 40.7. The van der Waals surface area contributed by atoms with Crippen molar-refractivity contribution in [3.63, 3.8) is 0 Å². The molecule has 7 atom stereocenters. The molecule has 4 fully saturated rings. The molecule has 198 valence electrons. The van der Waals surface area contributed by atoms with Crippen molar-refractivity contribution < 1.29 is 24.0 Å². The van der Waals surface area contributed by atoms with Gasteiger partial charge in [0, 0.05) is 12.5 Å². The van der Waals surface area contributed by atoms with Gasteiger partial charge in [-0.25, -0.2) is 4.79 Å². The van der Waals surface area contributed by atoms with Crippen molar-refractivity contribution >= 4 is 23.4 Å². The lowest BCUT2D eigenvalue weighted by molar-refractivity contribution is -0.152. The number of esters is 1. The van der Waals surface area contributed by atoms with Crippen molar-refractivity contribution in [3.8, 4) is 0 Å². The molecule has 0 radical (unpaired) electrons. The van der Waals surface area contributed by atoms with Crippen LogP contribution in [0, 0.1) is 34.5 Å². The molecule has 0 aromatic heterocycles. The molecular weight excluding hydrogens is 456 g/mol. The number of ether oxygens (including phenoxy) is 1. The summed E-state index contributed by atoms with van der Waals surface area (Å²) in [6.45, 7) is 7.06. The van der Waals surface area contributed by atoms with Gasteiger partial charge in [0.25, 0.3) is 5.91 Å². The lowest BCUT2D eigenvalue weighted by atomic mass is 9.46. The van der Waals surface area contributed by atoms with E-state index in [1.807, 2.05) is 0 Å². The minimum absolute atomic E-state index is 0.153. The van der Waals surface area contributed by atoms with Crippen LogP contribution >= 0.6 is 0 Å². The fraction of sp³-hybridized carbons (Fsp3) is 0.793. The molecule has 36 heavy (non-hydrogen) atoms. The maximum atomic E-state index is 12.6. The third-order valence-corrected chi connectivity index (χ3v) is 10.9. The maximum absolute atomic E-state index is 12.6. The first-order valence-corrected chi connectivity index (χ1v) is 14.0. The Morgan fingerprint density at radius 3 is 2.61 bits per heavy atom. The zero-order valence-electron chi connectivity index (χ0n) is 22.4. The van der Waals surface area contributed by atoms with Gasteiger partial charge in [0.05, 0.1) is 12.8 Å². The molecule has 0 spiro atoms. The van der Waals surface area contributed by atoms with Crippen LogP contribution < -0.4 is 0 Å². The monoisotopic (exact) mass is 498 g/mol. The van der Waals surface area contributed by atoms with Crippen LogP contribution in [0.25, 0.3) is 0 Å². The van der Waals surface area contributed by atoms with Crippen LogP contribution in [0.4, 0.5) is 0 Å². The number of fused-ring (bicyclic) bond motifs is 5. The van der Waals surface area contributed by atoms with E-state index in [0.717, 1.165) is 37.8 Å². The molecule has 4 aliphatic carbocycles. The van der Waals surface area contributed by atoms with E-state index in [1.54, 1.807) is 11.8 Å². The Morgan fingerprint density at radius 1 is 1.06 bits per heavy atom. The van der Waals surface area contributed by atoms with Gasteiger partial charge in [0.1, 0.15) is 11.8 Å². The molecule has 1 aliphatic heterocycles. The van der Waals surface area contributed by atoms with Gasteiger partial charge >= 0.3 is 5.97 Å². The smallest absolute Gasteiger partial charge is 0.328 e. The highest BCUT2D eigenvalue weighted by Gasteiger charge is 2.59. The molecule has 3 saturated carbocycles. The number of carbonyl (C=O) groups excluding carboxylic acids is 3. The Hall–Kier alpha value is -2.18. The second-order valence-electron chi connectivity index (χ2n) is 12.4. The van der Waals surface area contributed by atoms with Crippen LogP contribution in [-0.4, -0.2) is 54.6 Å². The number of allylic oxidation sites excluding steroid dienone is 2. The van der Waals surface area contributed by atoms with E-state index in [1.165, 1.54) is 38.4 Å². The second-order valence-corrected chi connectivity index (χ2v) is 12.4. The predicted octanol–water partition coefficient (Wildman–Crippen LogP) is 4.69. The van der Waals surface area contributed by atoms with Crippen LogP contribution in [0.3, 0.4) is 0 Å². The largest absolute Gasteiger partial charge is 0.467 e. The van der Waals surface area contributed by atoms with Gasteiger partial charge in [-0.05, 0) is 106 Å². The zero-order chi connectivity index (χ0) is 25.7. The summed E-state index contributed by atoms with van der Waals surface area (Å²) >= 11 is 0. The highest BCUT2D eigenvalue weighted by Crippen LogP contribution is 2.66. The van der Waals surface area contributed by atoms with Crippen LogP contribution in [0.15, 0.2) is 16.8 Å². The molecule has 0 N–H and O–H groups in total. The molecule has 1 heterocycles. The van der Waals surface area contributed by atoms with E-state index >= 15 is 0 Å². The van der Waals surface area contributed by atoms with E-state index in [2.05, 4.69) is 25.1 Å². The molecule has 7 nitrogen and oxygen atoms in total. The van der Waals surface area contributed by atoms with Gasteiger partial charge in [-0.15, -0.1) is 0 Å². The molecule has 0 unspecified atom stereocenters. The molecular formula is C29H42N2O5. The lowest BCUT2D eigenvalue weighted by Gasteiger charge is -2.58. The number of amides is 1. The van der Waals surface area contributed by atoms with E-state index in [0.29, 0.717) is 36.5 Å². The summed E-state index contributed by atoms with van der Waals surface area (Å²) in [7, 11) is 1.35. The van der Waals surface area contributed by atoms with Crippen molar-refractivity contribution in [2.24, 2.45) is 39.7 Å². The summed E-state index contributed by atoms with van der Waals surface area (Å²) in [5.41, 5.74) is 2.78. The van der Waals surface area contributed by atoms with Crippen LogP contribution in [0.1, 0.15) is 85.0 Å². The van der Waals surface area contributed by atoms with E-state index in [4.69, 9.17) is 9.57 Å². The van der Waals surface area contributed by atoms with Crippen molar-refractivity contribution in [3.05, 3.63) is 11.6 Å². The van der Waals surface area contributed by atoms with Crippen molar-refractivity contribution in [2.75, 3.05) is 20.3 Å². The van der Waals surface area contributed by atoms with Gasteiger partial charge in [-0.2, -0.15) is 0 Å². The summed E-state index contributed by atoms with van der Waals surface area (Å²) in [6.07, 6.45) is 12.5. The number of carbonyl (C=O) groups is 3. The molecule has 7 heteroatoms. The van der Waals surface area contributed by atoms with Crippen molar-refractivity contribution in [1.82, 2.24) is 4.90 Å². The van der Waals surface area contributed by atoms with E-state index in [-0.39, 0.29) is 35.2 Å². The minimum atomic E-state index is -0.505. The topological polar surface area (TPSA) is 85.3 Å². The number of nitrogens with zero attached hydrogens (tertiary/aromatic N) is 2. The number of methoxy groups -OCH3 is 1. The number of rotatable bonds is 5. The maximum Gasteiger partial charge on any atom is 0.328 e. The minimum Gasteiger partial charge on any atom is -0.467 e. The average molecular weight is 499 g/mol. The SMILES string of the molecule is COC(=O)[C@@H]1CCCN1C(=O)CO/N=C1/C=C2CC[C@H]3[C@@H]4CC[C@H](C(C)=O)[C@@]4(C)CC[C@@H]3[C@@]2(C)CC1. The fourth-order valence-corrected chi connectivity index (χ4v) is 9.01. The van der Waals surface area contributed by atoms with Crippen molar-refractivity contribution in [2.45, 2.75) is 91.0 Å². The number of hydrogen-bond acceptors (Lipinski definition) is 6. The number of ketones is 1. The number of likely N-dealkylation sites (tertiary alicyclic amines) is 1. The molecule has 0 bridgehead atoms. The van der Waals surface area contributed by atoms with Crippen molar-refractivity contribution in [1.29, 1.82) is 0 Å². The van der Waals surface area contributed by atoms with Crippen LogP contribution in [0.2, 0.25) is 0 Å². The highest BCUT2D eigenvalue weighted by atomic mass is 16.6. The van der Waals surface area contributed by atoms with Gasteiger partial charge in [0.15, 0.2) is 6.61 Å². The fourth-order valence-electron chi connectivity index (χ4n) is 9.01. The van der Waals surface area contributed by atoms with Crippen LogP contribution in [0.5, 0.6) is 0 Å². The first-order valence-electron chi connectivity index (χ1n) is 14.0. The highest BCUT2D eigenvalue weighted by molar-refractivity contribution is 5.96. The molecule has 5 rings (SSSR count). The van der Waals surface area contributed by atoms with Gasteiger partial charge < -0.3 is 14.5 Å². The Labute approximate surface area is 215 Å². The Bertz CT molecular complexity index is 988. The standard InChI is InChI=1S/C29H42N2O5/c1-18(32)22-9-10-23-21-8-7-19-16-20(11-13-28(19,2)24(21)12-14-29(22,23)3)30-36-17-26(33)31-15-5-6-25(31)27(34)35-4/h16,21-25H,5-15,17H2,1-4H3/b30-20+/t21-,22+,23-,24-,25-,28-,29+/m0/s1. The predicted molar refractivity (Wildman–Crippen MR) is 136 cm³/mol. The molecule has 0 aromatic rings. The van der Waals surface area contributed by atoms with E-state index in [9.17, 15) is 14.4 Å². The molecule has 5 aliphatic rings.